The summed E-state index contributed by atoms with van der Waals surface area (Å²) < 4.78 is 10.6. The molecule has 118 valence electrons. The van der Waals surface area contributed by atoms with Crippen molar-refractivity contribution >= 4 is 5.91 Å². The Kier molecular flexibility index (Phi) is 5.65. The highest BCUT2D eigenvalue weighted by Crippen LogP contribution is 2.28. The van der Waals surface area contributed by atoms with Gasteiger partial charge in [-0.3, -0.25) is 4.79 Å². The van der Waals surface area contributed by atoms with Crippen LogP contribution in [0.15, 0.2) is 48.5 Å². The number of amides is 1. The summed E-state index contributed by atoms with van der Waals surface area (Å²) in [7, 11) is 1.52. The molecule has 0 aromatic heterocycles. The fourth-order valence-corrected chi connectivity index (χ4v) is 2.15. The average molecular weight is 309 g/mol. The first-order valence-corrected chi connectivity index (χ1v) is 7.25. The summed E-state index contributed by atoms with van der Waals surface area (Å²) >= 11 is 0. The summed E-state index contributed by atoms with van der Waals surface area (Å²) in [5, 5.41) is 2.96. The van der Waals surface area contributed by atoms with Gasteiger partial charge in [-0.2, -0.15) is 0 Å². The van der Waals surface area contributed by atoms with E-state index in [9.17, 15) is 4.79 Å². The van der Waals surface area contributed by atoms with Gasteiger partial charge in [0.2, 0.25) is 0 Å². The molecule has 2 rings (SSSR count). The van der Waals surface area contributed by atoms with E-state index in [1.54, 1.807) is 18.2 Å². The quantitative estimate of drug-likeness (QED) is 0.834. The highest BCUT2D eigenvalue weighted by molar-refractivity contribution is 5.95. The number of benzene rings is 2. The van der Waals surface area contributed by atoms with Gasteiger partial charge < -0.3 is 14.8 Å². The van der Waals surface area contributed by atoms with Crippen LogP contribution in [-0.2, 0) is 0 Å². The standard InChI is InChI=1S/C19H19NO3/c1-4-12-23-17-11-10-16(13-18(17)22-3)19(21)20-14(2)15-8-6-5-7-9-15/h1,5-11,13-14H,12H2,2-3H3,(H,20,21). The molecular weight excluding hydrogens is 290 g/mol. The number of hydrogen-bond acceptors (Lipinski definition) is 3. The predicted octanol–water partition coefficient (Wildman–Crippen LogP) is 3.20. The topological polar surface area (TPSA) is 47.6 Å². The van der Waals surface area contributed by atoms with E-state index in [2.05, 4.69) is 11.2 Å². The second-order valence-corrected chi connectivity index (χ2v) is 4.96. The Bertz CT molecular complexity index is 704. The van der Waals surface area contributed by atoms with Gasteiger partial charge in [-0.25, -0.2) is 0 Å². The van der Waals surface area contributed by atoms with Crippen LogP contribution in [0.2, 0.25) is 0 Å². The van der Waals surface area contributed by atoms with Crippen LogP contribution in [0.25, 0.3) is 0 Å². The fourth-order valence-electron chi connectivity index (χ4n) is 2.15. The SMILES string of the molecule is C#CCOc1ccc(C(=O)NC(C)c2ccccc2)cc1OC. The smallest absolute Gasteiger partial charge is 0.251 e. The number of terminal acetylenes is 1. The Morgan fingerprint density at radius 2 is 1.96 bits per heavy atom. The zero-order valence-electron chi connectivity index (χ0n) is 13.2. The van der Waals surface area contributed by atoms with Crippen LogP contribution in [0.4, 0.5) is 0 Å². The normalized spacial score (nSPS) is 11.2. The number of carbonyl (C=O) groups is 1. The van der Waals surface area contributed by atoms with E-state index in [1.807, 2.05) is 37.3 Å². The van der Waals surface area contributed by atoms with Crippen molar-refractivity contribution in [2.24, 2.45) is 0 Å². The van der Waals surface area contributed by atoms with Crippen molar-refractivity contribution in [3.63, 3.8) is 0 Å². The molecule has 23 heavy (non-hydrogen) atoms. The number of ether oxygens (including phenoxy) is 2. The largest absolute Gasteiger partial charge is 0.493 e. The highest BCUT2D eigenvalue weighted by atomic mass is 16.5. The highest BCUT2D eigenvalue weighted by Gasteiger charge is 2.14. The predicted molar refractivity (Wildman–Crippen MR) is 89.6 cm³/mol. The number of methoxy groups -OCH3 is 1. The summed E-state index contributed by atoms with van der Waals surface area (Å²) in [6, 6.07) is 14.7. The summed E-state index contributed by atoms with van der Waals surface area (Å²) in [5.74, 6) is 3.20. The molecule has 0 aliphatic carbocycles. The van der Waals surface area contributed by atoms with Crippen LogP contribution in [-0.4, -0.2) is 19.6 Å². The maximum Gasteiger partial charge on any atom is 0.251 e. The molecule has 2 aromatic carbocycles. The van der Waals surface area contributed by atoms with Crippen molar-refractivity contribution in [1.82, 2.24) is 5.32 Å². The third-order valence-corrected chi connectivity index (χ3v) is 3.38. The lowest BCUT2D eigenvalue weighted by Crippen LogP contribution is -2.26. The van der Waals surface area contributed by atoms with Crippen molar-refractivity contribution in [2.75, 3.05) is 13.7 Å². The number of rotatable bonds is 6. The zero-order chi connectivity index (χ0) is 16.7. The van der Waals surface area contributed by atoms with E-state index in [0.717, 1.165) is 5.56 Å². The minimum absolute atomic E-state index is 0.0907. The second-order valence-electron chi connectivity index (χ2n) is 4.96. The number of carbonyl (C=O) groups excluding carboxylic acids is 1. The van der Waals surface area contributed by atoms with Crippen LogP contribution in [0.3, 0.4) is 0 Å². The monoisotopic (exact) mass is 309 g/mol. The molecule has 0 spiro atoms. The van der Waals surface area contributed by atoms with Gasteiger partial charge in [0.25, 0.3) is 5.91 Å². The molecule has 0 bridgehead atoms. The molecule has 4 nitrogen and oxygen atoms in total. The molecule has 0 fully saturated rings. The van der Waals surface area contributed by atoms with Crippen molar-refractivity contribution in [3.05, 3.63) is 59.7 Å². The molecule has 0 aliphatic rings. The van der Waals surface area contributed by atoms with Crippen LogP contribution in [0.1, 0.15) is 28.9 Å². The van der Waals surface area contributed by atoms with E-state index in [1.165, 1.54) is 7.11 Å². The third kappa shape index (κ3) is 4.27. The van der Waals surface area contributed by atoms with Crippen molar-refractivity contribution < 1.29 is 14.3 Å². The van der Waals surface area contributed by atoms with Crippen molar-refractivity contribution in [1.29, 1.82) is 0 Å². The first-order valence-electron chi connectivity index (χ1n) is 7.25. The summed E-state index contributed by atoms with van der Waals surface area (Å²) in [5.41, 5.74) is 1.54. The van der Waals surface area contributed by atoms with Crippen LogP contribution in [0.5, 0.6) is 11.5 Å². The Balaban J connectivity index is 2.12. The third-order valence-electron chi connectivity index (χ3n) is 3.38. The minimum Gasteiger partial charge on any atom is -0.493 e. The second kappa shape index (κ2) is 7.90. The Labute approximate surface area is 136 Å². The lowest BCUT2D eigenvalue weighted by Gasteiger charge is -2.15. The Morgan fingerprint density at radius 3 is 2.61 bits per heavy atom. The maximum atomic E-state index is 12.4. The van der Waals surface area contributed by atoms with Crippen molar-refractivity contribution in [2.45, 2.75) is 13.0 Å². The Morgan fingerprint density at radius 1 is 1.22 bits per heavy atom. The summed E-state index contributed by atoms with van der Waals surface area (Å²) in [6.07, 6.45) is 5.18. The Hall–Kier alpha value is -2.93. The summed E-state index contributed by atoms with van der Waals surface area (Å²) in [6.45, 7) is 2.09. The van der Waals surface area contributed by atoms with Gasteiger partial charge in [0.1, 0.15) is 6.61 Å². The molecule has 0 saturated heterocycles. The molecule has 1 unspecified atom stereocenters. The van der Waals surface area contributed by atoms with Gasteiger partial charge in [0.05, 0.1) is 13.2 Å². The lowest BCUT2D eigenvalue weighted by atomic mass is 10.1. The van der Waals surface area contributed by atoms with Gasteiger partial charge in [0, 0.05) is 5.56 Å². The van der Waals surface area contributed by atoms with Gasteiger partial charge in [-0.05, 0) is 30.7 Å². The minimum atomic E-state index is -0.178. The molecular formula is C19H19NO3. The maximum absolute atomic E-state index is 12.4. The molecule has 0 radical (unpaired) electrons. The van der Waals surface area contributed by atoms with E-state index in [0.29, 0.717) is 17.1 Å². The van der Waals surface area contributed by atoms with Gasteiger partial charge in [-0.1, -0.05) is 36.3 Å². The fraction of sp³-hybridized carbons (Fsp3) is 0.211. The van der Waals surface area contributed by atoms with E-state index < -0.39 is 0 Å². The molecule has 2 aromatic rings. The molecule has 1 N–H and O–H groups in total. The molecule has 0 saturated carbocycles. The van der Waals surface area contributed by atoms with Crippen LogP contribution >= 0.6 is 0 Å². The zero-order valence-corrected chi connectivity index (χ0v) is 13.2. The van der Waals surface area contributed by atoms with Gasteiger partial charge in [0.15, 0.2) is 11.5 Å². The first-order chi connectivity index (χ1) is 11.2. The van der Waals surface area contributed by atoms with Gasteiger partial charge in [-0.15, -0.1) is 6.42 Å². The van der Waals surface area contributed by atoms with E-state index in [-0.39, 0.29) is 18.6 Å². The van der Waals surface area contributed by atoms with E-state index in [4.69, 9.17) is 15.9 Å². The summed E-state index contributed by atoms with van der Waals surface area (Å²) in [4.78, 5) is 12.4. The number of hydrogen-bond donors (Lipinski definition) is 1. The van der Waals surface area contributed by atoms with Gasteiger partial charge >= 0.3 is 0 Å². The average Bonchev–Trinajstić information content (AvgIpc) is 2.60. The molecule has 0 aliphatic heterocycles. The molecule has 1 amide bonds. The van der Waals surface area contributed by atoms with E-state index >= 15 is 0 Å². The first kappa shape index (κ1) is 16.4. The molecule has 0 heterocycles. The number of nitrogens with one attached hydrogen (secondary N) is 1. The van der Waals surface area contributed by atoms with Crippen molar-refractivity contribution in [3.8, 4) is 23.8 Å². The molecule has 4 heteroatoms. The van der Waals surface area contributed by atoms with Crippen LogP contribution < -0.4 is 14.8 Å². The molecule has 1 atom stereocenters. The lowest BCUT2D eigenvalue weighted by molar-refractivity contribution is 0.0939. The van der Waals surface area contributed by atoms with Crippen LogP contribution in [0, 0.1) is 12.3 Å².